The zero-order valence-electron chi connectivity index (χ0n) is 21.2. The summed E-state index contributed by atoms with van der Waals surface area (Å²) in [5.74, 6) is 1.30. The van der Waals surface area contributed by atoms with Gasteiger partial charge in [0.1, 0.15) is 6.61 Å². The van der Waals surface area contributed by atoms with Crippen LogP contribution in [0.2, 0.25) is 0 Å². The van der Waals surface area contributed by atoms with Crippen LogP contribution in [0.25, 0.3) is 0 Å². The van der Waals surface area contributed by atoms with Crippen molar-refractivity contribution in [3.8, 4) is 5.88 Å². The third kappa shape index (κ3) is 8.18. The zero-order valence-corrected chi connectivity index (χ0v) is 21.2. The van der Waals surface area contributed by atoms with Gasteiger partial charge in [0.25, 0.3) is 0 Å². The van der Waals surface area contributed by atoms with Crippen molar-refractivity contribution < 1.29 is 9.47 Å². The molecule has 0 spiro atoms. The van der Waals surface area contributed by atoms with Crippen LogP contribution in [0.3, 0.4) is 0 Å². The summed E-state index contributed by atoms with van der Waals surface area (Å²) < 4.78 is 11.5. The molecule has 2 aromatic rings. The third-order valence-corrected chi connectivity index (χ3v) is 5.68. The second-order valence-electron chi connectivity index (χ2n) is 8.70. The van der Waals surface area contributed by atoms with E-state index in [4.69, 9.17) is 9.47 Å². The summed E-state index contributed by atoms with van der Waals surface area (Å²) in [6.07, 6.45) is 3.98. The molecular weight excluding hydrogens is 428 g/mol. The highest BCUT2D eigenvalue weighted by Gasteiger charge is 2.12. The second-order valence-corrected chi connectivity index (χ2v) is 8.70. The Kier molecular flexibility index (Phi) is 10.4. The summed E-state index contributed by atoms with van der Waals surface area (Å²) in [5, 5.41) is 4.45. The van der Waals surface area contributed by atoms with Crippen LogP contribution in [0.15, 0.2) is 41.5 Å². The maximum absolute atomic E-state index is 6.09. The molecule has 8 nitrogen and oxygen atoms in total. The Bertz CT molecular complexity index is 893. The normalized spacial score (nSPS) is 14.4. The largest absolute Gasteiger partial charge is 0.476 e. The average Bonchev–Trinajstić information content (AvgIpc) is 2.85. The molecule has 1 aromatic heterocycles. The fourth-order valence-electron chi connectivity index (χ4n) is 3.88. The topological polar surface area (TPSA) is 65.5 Å². The van der Waals surface area contributed by atoms with Crippen molar-refractivity contribution >= 4 is 23.4 Å². The SMILES string of the molecule is CCCN(CCC)c1cc(N/N=C/c2cccc(N(C)C)c2)nc(OCCN2CCOCC2)c1. The van der Waals surface area contributed by atoms with E-state index < -0.39 is 0 Å². The molecule has 0 saturated carbocycles. The van der Waals surface area contributed by atoms with E-state index in [1.807, 2.05) is 44.6 Å². The van der Waals surface area contributed by atoms with Gasteiger partial charge in [-0.25, -0.2) is 0 Å². The molecule has 186 valence electrons. The lowest BCUT2D eigenvalue weighted by Gasteiger charge is -2.26. The number of benzene rings is 1. The lowest BCUT2D eigenvalue weighted by atomic mass is 10.2. The first-order valence-corrected chi connectivity index (χ1v) is 12.4. The zero-order chi connectivity index (χ0) is 24.2. The Morgan fingerprint density at radius 3 is 2.56 bits per heavy atom. The first-order chi connectivity index (χ1) is 16.6. The van der Waals surface area contributed by atoms with E-state index in [0.717, 1.165) is 75.7 Å². The number of morpholine rings is 1. The van der Waals surface area contributed by atoms with E-state index in [2.05, 4.69) is 56.2 Å². The van der Waals surface area contributed by atoms with Crippen LogP contribution < -0.4 is 20.0 Å². The first kappa shape index (κ1) is 25.8. The fraction of sp³-hybridized carbons (Fsp3) is 0.538. The summed E-state index contributed by atoms with van der Waals surface area (Å²) in [7, 11) is 4.06. The average molecular weight is 469 g/mol. The number of rotatable bonds is 13. The van der Waals surface area contributed by atoms with E-state index in [-0.39, 0.29) is 0 Å². The summed E-state index contributed by atoms with van der Waals surface area (Å²) in [6.45, 7) is 11.3. The Hall–Kier alpha value is -2.84. The van der Waals surface area contributed by atoms with Gasteiger partial charge in [-0.2, -0.15) is 10.1 Å². The summed E-state index contributed by atoms with van der Waals surface area (Å²) in [6, 6.07) is 12.3. The molecule has 0 bridgehead atoms. The highest BCUT2D eigenvalue weighted by Crippen LogP contribution is 2.25. The maximum Gasteiger partial charge on any atom is 0.217 e. The van der Waals surface area contributed by atoms with Crippen LogP contribution in [0.5, 0.6) is 5.88 Å². The Morgan fingerprint density at radius 2 is 1.85 bits per heavy atom. The summed E-state index contributed by atoms with van der Waals surface area (Å²) in [5.41, 5.74) is 6.37. The molecule has 8 heteroatoms. The molecule has 3 rings (SSSR count). The third-order valence-electron chi connectivity index (χ3n) is 5.68. The minimum atomic E-state index is 0.595. The Balaban J connectivity index is 1.72. The Labute approximate surface area is 204 Å². The minimum absolute atomic E-state index is 0.595. The fourth-order valence-corrected chi connectivity index (χ4v) is 3.88. The lowest BCUT2D eigenvalue weighted by Crippen LogP contribution is -2.38. The molecule has 1 N–H and O–H groups in total. The van der Waals surface area contributed by atoms with Crippen molar-refractivity contribution in [3.63, 3.8) is 0 Å². The van der Waals surface area contributed by atoms with E-state index >= 15 is 0 Å². The van der Waals surface area contributed by atoms with Crippen LogP contribution in [0, 0.1) is 0 Å². The van der Waals surface area contributed by atoms with Crippen molar-refractivity contribution in [1.82, 2.24) is 9.88 Å². The predicted octanol–water partition coefficient (Wildman–Crippen LogP) is 3.93. The molecule has 0 amide bonds. The lowest BCUT2D eigenvalue weighted by molar-refractivity contribution is 0.0320. The highest BCUT2D eigenvalue weighted by molar-refractivity contribution is 5.82. The van der Waals surface area contributed by atoms with Gasteiger partial charge < -0.3 is 19.3 Å². The standard InChI is InChI=1S/C26H40N6O2/c1-5-10-32(11-6-2)24-19-25(29-27-21-22-8-7-9-23(18-22)30(3)4)28-26(20-24)34-17-14-31-12-15-33-16-13-31/h7-9,18-21H,5-6,10-17H2,1-4H3,(H,28,29)/b27-21+. The van der Waals surface area contributed by atoms with Crippen molar-refractivity contribution in [2.75, 3.05) is 81.9 Å². The minimum Gasteiger partial charge on any atom is -0.476 e. The molecule has 1 saturated heterocycles. The van der Waals surface area contributed by atoms with E-state index in [9.17, 15) is 0 Å². The molecule has 0 radical (unpaired) electrons. The van der Waals surface area contributed by atoms with E-state index in [1.54, 1.807) is 0 Å². The van der Waals surface area contributed by atoms with Crippen LogP contribution in [0.4, 0.5) is 17.2 Å². The van der Waals surface area contributed by atoms with Gasteiger partial charge in [0.15, 0.2) is 5.82 Å². The van der Waals surface area contributed by atoms with Gasteiger partial charge in [0.05, 0.1) is 19.4 Å². The highest BCUT2D eigenvalue weighted by atomic mass is 16.5. The number of ether oxygens (including phenoxy) is 2. The predicted molar refractivity (Wildman–Crippen MR) is 142 cm³/mol. The first-order valence-electron chi connectivity index (χ1n) is 12.4. The molecule has 0 aliphatic carbocycles. The van der Waals surface area contributed by atoms with Crippen LogP contribution in [-0.2, 0) is 4.74 Å². The van der Waals surface area contributed by atoms with Crippen molar-refractivity contribution in [2.24, 2.45) is 5.10 Å². The number of hydrogen-bond acceptors (Lipinski definition) is 8. The van der Waals surface area contributed by atoms with Crippen molar-refractivity contribution in [1.29, 1.82) is 0 Å². The number of nitrogens with zero attached hydrogens (tertiary/aromatic N) is 5. The number of anilines is 3. The molecule has 1 fully saturated rings. The molecule has 2 heterocycles. The smallest absolute Gasteiger partial charge is 0.217 e. The van der Waals surface area contributed by atoms with Gasteiger partial charge in [-0.15, -0.1) is 0 Å². The molecule has 1 aliphatic rings. The maximum atomic E-state index is 6.09. The quantitative estimate of drug-likeness (QED) is 0.353. The summed E-state index contributed by atoms with van der Waals surface area (Å²) >= 11 is 0. The van der Waals surface area contributed by atoms with Gasteiger partial charge in [0.2, 0.25) is 5.88 Å². The molecule has 0 atom stereocenters. The Morgan fingerprint density at radius 1 is 1.09 bits per heavy atom. The summed E-state index contributed by atoms with van der Waals surface area (Å²) in [4.78, 5) is 11.5. The van der Waals surface area contributed by atoms with E-state index in [1.165, 1.54) is 0 Å². The van der Waals surface area contributed by atoms with Crippen LogP contribution in [-0.4, -0.2) is 82.7 Å². The molecular formula is C26H40N6O2. The van der Waals surface area contributed by atoms with Gasteiger partial charge in [-0.1, -0.05) is 26.0 Å². The van der Waals surface area contributed by atoms with Gasteiger partial charge in [0, 0.05) is 70.3 Å². The number of nitrogens with one attached hydrogen (secondary N) is 1. The number of hydrogen-bond donors (Lipinski definition) is 1. The molecule has 1 aliphatic heterocycles. The van der Waals surface area contributed by atoms with Crippen molar-refractivity contribution in [3.05, 3.63) is 42.0 Å². The van der Waals surface area contributed by atoms with Crippen LogP contribution in [0.1, 0.15) is 32.3 Å². The molecule has 1 aromatic carbocycles. The van der Waals surface area contributed by atoms with E-state index in [0.29, 0.717) is 18.3 Å². The number of hydrazone groups is 1. The molecule has 0 unspecified atom stereocenters. The van der Waals surface area contributed by atoms with Gasteiger partial charge in [-0.3, -0.25) is 10.3 Å². The monoisotopic (exact) mass is 468 g/mol. The van der Waals surface area contributed by atoms with Crippen LogP contribution >= 0.6 is 0 Å². The van der Waals surface area contributed by atoms with Gasteiger partial charge in [-0.05, 0) is 30.5 Å². The van der Waals surface area contributed by atoms with Crippen molar-refractivity contribution in [2.45, 2.75) is 26.7 Å². The van der Waals surface area contributed by atoms with Gasteiger partial charge >= 0.3 is 0 Å². The molecule has 34 heavy (non-hydrogen) atoms. The number of aromatic nitrogens is 1. The number of pyridine rings is 1. The second kappa shape index (κ2) is 13.8.